The van der Waals surface area contributed by atoms with Gasteiger partial charge in [0.05, 0.1) is 23.5 Å². The summed E-state index contributed by atoms with van der Waals surface area (Å²) in [4.78, 5) is 27.4. The Labute approximate surface area is 203 Å². The van der Waals surface area contributed by atoms with Crippen LogP contribution in [0.15, 0.2) is 24.5 Å². The molecule has 1 aliphatic heterocycles. The van der Waals surface area contributed by atoms with Gasteiger partial charge >= 0.3 is 6.18 Å². The molecule has 3 N–H and O–H groups in total. The first-order valence-corrected chi connectivity index (χ1v) is 12.1. The Bertz CT molecular complexity index is 1010. The Morgan fingerprint density at radius 2 is 1.89 bits per heavy atom. The number of hydrogen-bond donors (Lipinski definition) is 3. The van der Waals surface area contributed by atoms with Crippen molar-refractivity contribution < 1.29 is 18.0 Å². The number of rotatable bonds is 8. The molecular formula is C24H32F3N7O. The molecule has 11 heteroatoms. The second-order valence-electron chi connectivity index (χ2n) is 9.55. The van der Waals surface area contributed by atoms with Crippen LogP contribution in [-0.2, 0) is 17.5 Å². The van der Waals surface area contributed by atoms with Crippen LogP contribution in [0.2, 0.25) is 0 Å². The van der Waals surface area contributed by atoms with Gasteiger partial charge in [-0.2, -0.15) is 18.2 Å². The molecule has 1 amide bonds. The van der Waals surface area contributed by atoms with E-state index in [4.69, 9.17) is 0 Å². The maximum absolute atomic E-state index is 13.7. The molecule has 3 heterocycles. The van der Waals surface area contributed by atoms with E-state index in [0.717, 1.165) is 37.9 Å². The average molecular weight is 492 g/mol. The molecular weight excluding hydrogens is 459 g/mol. The van der Waals surface area contributed by atoms with Crippen molar-refractivity contribution >= 4 is 23.4 Å². The largest absolute Gasteiger partial charge is 0.421 e. The van der Waals surface area contributed by atoms with Gasteiger partial charge in [-0.15, -0.1) is 0 Å². The van der Waals surface area contributed by atoms with E-state index in [-0.39, 0.29) is 23.7 Å². The van der Waals surface area contributed by atoms with Crippen molar-refractivity contribution in [2.45, 2.75) is 70.8 Å². The summed E-state index contributed by atoms with van der Waals surface area (Å²) < 4.78 is 41.1. The molecule has 2 aromatic heterocycles. The summed E-state index contributed by atoms with van der Waals surface area (Å²) in [5, 5.41) is 8.71. The smallest absolute Gasteiger partial charge is 0.366 e. The summed E-state index contributed by atoms with van der Waals surface area (Å²) in [6.45, 7) is 6.62. The number of nitrogens with zero attached hydrogens (tertiary/aromatic N) is 4. The first kappa shape index (κ1) is 25.2. The molecule has 8 nitrogen and oxygen atoms in total. The Morgan fingerprint density at radius 1 is 1.11 bits per heavy atom. The number of carbonyl (C=O) groups is 1. The molecule has 0 radical (unpaired) electrons. The Morgan fingerprint density at radius 3 is 2.54 bits per heavy atom. The van der Waals surface area contributed by atoms with Crippen molar-refractivity contribution in [2.24, 2.45) is 5.92 Å². The number of hydrogen-bond acceptors (Lipinski definition) is 7. The highest BCUT2D eigenvalue weighted by Crippen LogP contribution is 2.36. The molecule has 4 rings (SSSR count). The third-order valence-corrected chi connectivity index (χ3v) is 6.37. The van der Waals surface area contributed by atoms with Crippen LogP contribution in [0.5, 0.6) is 0 Å². The average Bonchev–Trinajstić information content (AvgIpc) is 3.46. The maximum Gasteiger partial charge on any atom is 0.421 e. The number of aromatic nitrogens is 3. The Kier molecular flexibility index (Phi) is 7.73. The van der Waals surface area contributed by atoms with Gasteiger partial charge in [-0.05, 0) is 64.8 Å². The third kappa shape index (κ3) is 6.59. The lowest BCUT2D eigenvalue weighted by atomic mass is 10.0. The first-order chi connectivity index (χ1) is 16.7. The summed E-state index contributed by atoms with van der Waals surface area (Å²) in [5.74, 6) is -0.883. The fourth-order valence-corrected chi connectivity index (χ4v) is 4.66. The number of alkyl halides is 3. The summed E-state index contributed by atoms with van der Waals surface area (Å²) in [7, 11) is 0. The highest BCUT2D eigenvalue weighted by atomic mass is 19.4. The van der Waals surface area contributed by atoms with Gasteiger partial charge in [0.15, 0.2) is 0 Å². The minimum atomic E-state index is -4.63. The lowest BCUT2D eigenvalue weighted by Gasteiger charge is -2.24. The minimum absolute atomic E-state index is 0.0239. The summed E-state index contributed by atoms with van der Waals surface area (Å²) in [6, 6.07) is 3.22. The Hall–Kier alpha value is -2.95. The van der Waals surface area contributed by atoms with Crippen LogP contribution in [0.3, 0.4) is 0 Å². The van der Waals surface area contributed by atoms with Crippen LogP contribution >= 0.6 is 0 Å². The van der Waals surface area contributed by atoms with Crippen LogP contribution in [0, 0.1) is 5.92 Å². The molecule has 1 saturated heterocycles. The zero-order valence-electron chi connectivity index (χ0n) is 20.0. The summed E-state index contributed by atoms with van der Waals surface area (Å²) >= 11 is 0. The normalized spacial score (nSPS) is 20.9. The fraction of sp³-hybridized carbons (Fsp3) is 0.583. The van der Waals surface area contributed by atoms with Crippen LogP contribution in [-0.4, -0.2) is 50.9 Å². The SMILES string of the molecule is CC(C)NC(=O)[C@H]1CCC[C@H]1Nc1nc(Nc2ccc(CN3CCCC3)nc2)ncc1C(F)(F)F. The highest BCUT2D eigenvalue weighted by molar-refractivity contribution is 5.80. The number of halogens is 3. The van der Waals surface area contributed by atoms with Crippen LogP contribution in [0.4, 0.5) is 30.6 Å². The van der Waals surface area contributed by atoms with E-state index in [2.05, 4.69) is 35.8 Å². The van der Waals surface area contributed by atoms with E-state index in [1.54, 1.807) is 6.20 Å². The second kappa shape index (κ2) is 10.8. The zero-order valence-corrected chi connectivity index (χ0v) is 20.0. The lowest BCUT2D eigenvalue weighted by Crippen LogP contribution is -2.41. The molecule has 0 spiro atoms. The molecule has 0 unspecified atom stereocenters. The van der Waals surface area contributed by atoms with Gasteiger partial charge in [0.25, 0.3) is 0 Å². The summed E-state index contributed by atoms with van der Waals surface area (Å²) in [5.41, 5.74) is 0.549. The van der Waals surface area contributed by atoms with E-state index in [1.807, 2.05) is 26.0 Å². The molecule has 1 aliphatic carbocycles. The number of anilines is 3. The molecule has 35 heavy (non-hydrogen) atoms. The van der Waals surface area contributed by atoms with Crippen molar-refractivity contribution in [3.8, 4) is 0 Å². The highest BCUT2D eigenvalue weighted by Gasteiger charge is 2.39. The molecule has 2 aromatic rings. The zero-order chi connectivity index (χ0) is 25.0. The topological polar surface area (TPSA) is 95.1 Å². The third-order valence-electron chi connectivity index (χ3n) is 6.37. The maximum atomic E-state index is 13.7. The van der Waals surface area contributed by atoms with Crippen molar-refractivity contribution in [2.75, 3.05) is 23.7 Å². The predicted octanol–water partition coefficient (Wildman–Crippen LogP) is 4.34. The Balaban J connectivity index is 1.49. The quantitative estimate of drug-likeness (QED) is 0.506. The van der Waals surface area contributed by atoms with Gasteiger partial charge in [-0.3, -0.25) is 14.7 Å². The molecule has 190 valence electrons. The van der Waals surface area contributed by atoms with E-state index in [9.17, 15) is 18.0 Å². The van der Waals surface area contributed by atoms with Gasteiger partial charge in [0, 0.05) is 24.8 Å². The molecule has 1 saturated carbocycles. The number of carbonyl (C=O) groups excluding carboxylic acids is 1. The van der Waals surface area contributed by atoms with Gasteiger partial charge in [0.2, 0.25) is 11.9 Å². The number of pyridine rings is 1. The van der Waals surface area contributed by atoms with Crippen LogP contribution in [0.25, 0.3) is 0 Å². The molecule has 2 atom stereocenters. The van der Waals surface area contributed by atoms with Gasteiger partial charge in [-0.1, -0.05) is 6.42 Å². The van der Waals surface area contributed by atoms with Crippen LogP contribution in [0.1, 0.15) is 57.2 Å². The number of likely N-dealkylation sites (tertiary alicyclic amines) is 1. The van der Waals surface area contributed by atoms with Crippen molar-refractivity contribution in [1.29, 1.82) is 0 Å². The molecule has 2 aliphatic rings. The number of amides is 1. The van der Waals surface area contributed by atoms with Crippen molar-refractivity contribution in [3.05, 3.63) is 35.8 Å². The standard InChI is InChI=1S/C24H32F3N7O/c1-15(2)30-22(35)18-6-5-7-20(18)32-21-19(24(25,26)27)13-29-23(33-21)31-16-8-9-17(28-12-16)14-34-10-3-4-11-34/h8-9,12-13,15,18,20H,3-7,10-11,14H2,1-2H3,(H,30,35)(H2,29,31,32,33)/t18-,20+/m0/s1. The minimum Gasteiger partial charge on any atom is -0.366 e. The molecule has 0 aromatic carbocycles. The van der Waals surface area contributed by atoms with E-state index >= 15 is 0 Å². The summed E-state index contributed by atoms with van der Waals surface area (Å²) in [6.07, 6.45) is 2.12. The second-order valence-corrected chi connectivity index (χ2v) is 9.55. The monoisotopic (exact) mass is 491 g/mol. The van der Waals surface area contributed by atoms with E-state index < -0.39 is 23.7 Å². The van der Waals surface area contributed by atoms with Gasteiger partial charge < -0.3 is 16.0 Å². The first-order valence-electron chi connectivity index (χ1n) is 12.1. The van der Waals surface area contributed by atoms with Crippen molar-refractivity contribution in [3.63, 3.8) is 0 Å². The number of nitrogens with one attached hydrogen (secondary N) is 3. The predicted molar refractivity (Wildman–Crippen MR) is 127 cm³/mol. The van der Waals surface area contributed by atoms with E-state index in [1.165, 1.54) is 12.8 Å². The molecule has 0 bridgehead atoms. The molecule has 2 fully saturated rings. The van der Waals surface area contributed by atoms with Gasteiger partial charge in [0.1, 0.15) is 11.4 Å². The van der Waals surface area contributed by atoms with Crippen LogP contribution < -0.4 is 16.0 Å². The van der Waals surface area contributed by atoms with Gasteiger partial charge in [-0.25, -0.2) is 4.98 Å². The fourth-order valence-electron chi connectivity index (χ4n) is 4.66. The van der Waals surface area contributed by atoms with Crippen molar-refractivity contribution in [1.82, 2.24) is 25.2 Å². The lowest BCUT2D eigenvalue weighted by molar-refractivity contribution is -0.137. The van der Waals surface area contributed by atoms with E-state index in [0.29, 0.717) is 18.5 Å².